The molecule has 0 saturated heterocycles. The summed E-state index contributed by atoms with van der Waals surface area (Å²) in [4.78, 5) is 11.8. The molecule has 1 rings (SSSR count). The molecule has 0 aromatic heterocycles. The topological polar surface area (TPSA) is 38.3 Å². The first kappa shape index (κ1) is 13.6. The van der Waals surface area contributed by atoms with Crippen LogP contribution in [-0.2, 0) is 0 Å². The molecule has 3 heteroatoms. The highest BCUT2D eigenvalue weighted by molar-refractivity contribution is 5.94. The minimum Gasteiger partial charge on any atom is -0.488 e. The van der Waals surface area contributed by atoms with Gasteiger partial charge in [-0.15, -0.1) is 0 Å². The Morgan fingerprint density at radius 1 is 1.29 bits per heavy atom. The molecule has 1 aromatic rings. The zero-order valence-corrected chi connectivity index (χ0v) is 11.2. The average Bonchev–Trinajstić information content (AvgIpc) is 2.14. The van der Waals surface area contributed by atoms with E-state index in [9.17, 15) is 4.79 Å². The number of ether oxygens (including phenoxy) is 1. The standard InChI is InChI=1S/C14H21NO2/c1-10(2)15-13(16)11-7-6-8-12(9-11)17-14(3,4)5/h6-10H,1-5H3,(H,15,16). The monoisotopic (exact) mass is 235 g/mol. The van der Waals surface area contributed by atoms with Crippen LogP contribution in [0.4, 0.5) is 0 Å². The summed E-state index contributed by atoms with van der Waals surface area (Å²) >= 11 is 0. The number of hydrogen-bond donors (Lipinski definition) is 1. The Kier molecular flexibility index (Phi) is 4.16. The summed E-state index contributed by atoms with van der Waals surface area (Å²) in [5.74, 6) is 0.647. The summed E-state index contributed by atoms with van der Waals surface area (Å²) in [7, 11) is 0. The average molecular weight is 235 g/mol. The van der Waals surface area contributed by atoms with Gasteiger partial charge in [-0.25, -0.2) is 0 Å². The highest BCUT2D eigenvalue weighted by Crippen LogP contribution is 2.19. The van der Waals surface area contributed by atoms with Crippen LogP contribution in [0.2, 0.25) is 0 Å². The van der Waals surface area contributed by atoms with Crippen LogP contribution in [0.15, 0.2) is 24.3 Å². The van der Waals surface area contributed by atoms with Gasteiger partial charge in [0.25, 0.3) is 5.91 Å². The molecule has 1 amide bonds. The molecule has 1 N–H and O–H groups in total. The fourth-order valence-corrected chi connectivity index (χ4v) is 1.40. The van der Waals surface area contributed by atoms with Gasteiger partial charge in [0, 0.05) is 11.6 Å². The number of amides is 1. The summed E-state index contributed by atoms with van der Waals surface area (Å²) in [6.07, 6.45) is 0. The van der Waals surface area contributed by atoms with Crippen LogP contribution >= 0.6 is 0 Å². The van der Waals surface area contributed by atoms with E-state index in [0.29, 0.717) is 11.3 Å². The molecular weight excluding hydrogens is 214 g/mol. The first-order valence-electron chi connectivity index (χ1n) is 5.88. The van der Waals surface area contributed by atoms with Crippen LogP contribution in [0, 0.1) is 0 Å². The maximum atomic E-state index is 11.8. The Morgan fingerprint density at radius 2 is 1.94 bits per heavy atom. The molecule has 0 aliphatic rings. The van der Waals surface area contributed by atoms with Crippen molar-refractivity contribution in [1.29, 1.82) is 0 Å². The van der Waals surface area contributed by atoms with Crippen LogP contribution < -0.4 is 10.1 Å². The second-order valence-corrected chi connectivity index (χ2v) is 5.37. The van der Waals surface area contributed by atoms with E-state index < -0.39 is 0 Å². The minimum absolute atomic E-state index is 0.0700. The summed E-state index contributed by atoms with van der Waals surface area (Å²) < 4.78 is 5.72. The molecule has 17 heavy (non-hydrogen) atoms. The van der Waals surface area contributed by atoms with Crippen LogP contribution in [0.1, 0.15) is 45.0 Å². The Bertz CT molecular complexity index is 391. The first-order chi connectivity index (χ1) is 7.78. The molecular formula is C14H21NO2. The van der Waals surface area contributed by atoms with Crippen LogP contribution in [0.3, 0.4) is 0 Å². The van der Waals surface area contributed by atoms with Crippen molar-refractivity contribution < 1.29 is 9.53 Å². The molecule has 0 heterocycles. The van der Waals surface area contributed by atoms with Crippen LogP contribution in [0.25, 0.3) is 0 Å². The molecule has 0 radical (unpaired) electrons. The molecule has 0 bridgehead atoms. The van der Waals surface area contributed by atoms with Gasteiger partial charge in [0.2, 0.25) is 0 Å². The van der Waals surface area contributed by atoms with E-state index >= 15 is 0 Å². The van der Waals surface area contributed by atoms with Crippen molar-refractivity contribution in [1.82, 2.24) is 5.32 Å². The zero-order valence-electron chi connectivity index (χ0n) is 11.2. The number of carbonyl (C=O) groups excluding carboxylic acids is 1. The van der Waals surface area contributed by atoms with Gasteiger partial charge < -0.3 is 10.1 Å². The lowest BCUT2D eigenvalue weighted by molar-refractivity contribution is 0.0940. The van der Waals surface area contributed by atoms with Gasteiger partial charge in [0.15, 0.2) is 0 Å². The van der Waals surface area contributed by atoms with Crippen LogP contribution in [0.5, 0.6) is 5.75 Å². The third-order valence-electron chi connectivity index (χ3n) is 1.94. The SMILES string of the molecule is CC(C)NC(=O)c1cccc(OC(C)(C)C)c1. The van der Waals surface area contributed by atoms with Gasteiger partial charge in [0.1, 0.15) is 11.4 Å². The fourth-order valence-electron chi connectivity index (χ4n) is 1.40. The summed E-state index contributed by atoms with van der Waals surface area (Å²) in [5.41, 5.74) is 0.369. The van der Waals surface area contributed by atoms with Crippen LogP contribution in [-0.4, -0.2) is 17.6 Å². The smallest absolute Gasteiger partial charge is 0.251 e. The quantitative estimate of drug-likeness (QED) is 0.874. The molecule has 0 spiro atoms. The lowest BCUT2D eigenvalue weighted by Crippen LogP contribution is -2.30. The maximum absolute atomic E-state index is 11.8. The number of nitrogens with one attached hydrogen (secondary N) is 1. The maximum Gasteiger partial charge on any atom is 0.251 e. The Morgan fingerprint density at radius 3 is 2.47 bits per heavy atom. The normalized spacial score (nSPS) is 11.4. The minimum atomic E-state index is -0.257. The predicted octanol–water partition coefficient (Wildman–Crippen LogP) is 3.00. The summed E-state index contributed by atoms with van der Waals surface area (Å²) in [5, 5.41) is 2.85. The van der Waals surface area contributed by atoms with E-state index in [4.69, 9.17) is 4.74 Å². The van der Waals surface area contributed by atoms with E-state index in [1.165, 1.54) is 0 Å². The van der Waals surface area contributed by atoms with Crippen molar-refractivity contribution in [3.63, 3.8) is 0 Å². The fraction of sp³-hybridized carbons (Fsp3) is 0.500. The lowest BCUT2D eigenvalue weighted by Gasteiger charge is -2.21. The van der Waals surface area contributed by atoms with Gasteiger partial charge in [0.05, 0.1) is 0 Å². The predicted molar refractivity (Wildman–Crippen MR) is 69.4 cm³/mol. The summed E-state index contributed by atoms with van der Waals surface area (Å²) in [6.45, 7) is 9.82. The number of benzene rings is 1. The van der Waals surface area contributed by atoms with Gasteiger partial charge >= 0.3 is 0 Å². The Labute approximate surface area is 103 Å². The van der Waals surface area contributed by atoms with Crippen molar-refractivity contribution in [2.75, 3.05) is 0 Å². The van der Waals surface area contributed by atoms with Gasteiger partial charge in [-0.3, -0.25) is 4.79 Å². The zero-order chi connectivity index (χ0) is 13.1. The largest absolute Gasteiger partial charge is 0.488 e. The van der Waals surface area contributed by atoms with E-state index in [1.54, 1.807) is 12.1 Å². The third kappa shape index (κ3) is 4.89. The second kappa shape index (κ2) is 5.21. The van der Waals surface area contributed by atoms with Crippen molar-refractivity contribution >= 4 is 5.91 Å². The number of carbonyl (C=O) groups is 1. The molecule has 94 valence electrons. The molecule has 0 aliphatic carbocycles. The summed E-state index contributed by atoms with van der Waals surface area (Å²) in [6, 6.07) is 7.37. The molecule has 0 fully saturated rings. The van der Waals surface area contributed by atoms with Gasteiger partial charge in [-0.05, 0) is 52.8 Å². The van der Waals surface area contributed by atoms with E-state index in [1.807, 2.05) is 46.8 Å². The third-order valence-corrected chi connectivity index (χ3v) is 1.94. The highest BCUT2D eigenvalue weighted by atomic mass is 16.5. The van der Waals surface area contributed by atoms with E-state index in [2.05, 4.69) is 5.32 Å². The van der Waals surface area contributed by atoms with E-state index in [-0.39, 0.29) is 17.6 Å². The molecule has 0 aliphatic heterocycles. The van der Waals surface area contributed by atoms with Gasteiger partial charge in [-0.1, -0.05) is 6.07 Å². The van der Waals surface area contributed by atoms with Crippen molar-refractivity contribution in [2.24, 2.45) is 0 Å². The molecule has 3 nitrogen and oxygen atoms in total. The number of hydrogen-bond acceptors (Lipinski definition) is 2. The molecule has 0 atom stereocenters. The lowest BCUT2D eigenvalue weighted by atomic mass is 10.1. The number of rotatable bonds is 3. The van der Waals surface area contributed by atoms with Crippen molar-refractivity contribution in [3.05, 3.63) is 29.8 Å². The molecule has 1 aromatic carbocycles. The second-order valence-electron chi connectivity index (χ2n) is 5.37. The Hall–Kier alpha value is -1.51. The van der Waals surface area contributed by atoms with Gasteiger partial charge in [-0.2, -0.15) is 0 Å². The first-order valence-corrected chi connectivity index (χ1v) is 5.88. The Balaban J connectivity index is 2.82. The van der Waals surface area contributed by atoms with Crippen molar-refractivity contribution in [3.8, 4) is 5.75 Å². The molecule has 0 saturated carbocycles. The van der Waals surface area contributed by atoms with Crippen molar-refractivity contribution in [2.45, 2.75) is 46.3 Å². The van der Waals surface area contributed by atoms with E-state index in [0.717, 1.165) is 0 Å². The molecule has 0 unspecified atom stereocenters. The highest BCUT2D eigenvalue weighted by Gasteiger charge is 2.13.